The molecule has 2 aromatic carbocycles. The van der Waals surface area contributed by atoms with E-state index in [1.807, 2.05) is 49.1 Å². The molecule has 1 aliphatic heterocycles. The lowest BCUT2D eigenvalue weighted by molar-refractivity contribution is 0.0324. The van der Waals surface area contributed by atoms with Crippen LogP contribution in [-0.4, -0.2) is 34.6 Å². The Morgan fingerprint density at radius 1 is 1.12 bits per heavy atom. The van der Waals surface area contributed by atoms with Gasteiger partial charge in [0.1, 0.15) is 0 Å². The van der Waals surface area contributed by atoms with E-state index in [1.165, 1.54) is 5.56 Å². The van der Waals surface area contributed by atoms with Gasteiger partial charge >= 0.3 is 0 Å². The minimum Gasteiger partial charge on any atom is -0.393 e. The van der Waals surface area contributed by atoms with Crippen molar-refractivity contribution >= 4 is 5.91 Å². The van der Waals surface area contributed by atoms with Gasteiger partial charge < -0.3 is 10.0 Å². The standard InChI is InChI=1S/C21H25NO2/c1-15-10-16(2)12-18(11-15)21(24)22-9-8-20(23)14-19(22)13-17-6-4-3-5-7-17/h3-7,10-12,19-20,23H,8-9,13-14H2,1-2H3/t19-,20+/m0/s1. The summed E-state index contributed by atoms with van der Waals surface area (Å²) in [5.74, 6) is 0.0784. The molecule has 0 spiro atoms. The number of rotatable bonds is 3. The molecule has 0 saturated carbocycles. The minimum absolute atomic E-state index is 0.0458. The molecular formula is C21H25NO2. The lowest BCUT2D eigenvalue weighted by atomic mass is 9.92. The van der Waals surface area contributed by atoms with Gasteiger partial charge in [0.15, 0.2) is 0 Å². The summed E-state index contributed by atoms with van der Waals surface area (Å²) in [5.41, 5.74) is 4.17. The van der Waals surface area contributed by atoms with Crippen LogP contribution >= 0.6 is 0 Å². The van der Waals surface area contributed by atoms with E-state index in [1.54, 1.807) is 0 Å². The molecule has 3 nitrogen and oxygen atoms in total. The van der Waals surface area contributed by atoms with Crippen LogP contribution in [0.2, 0.25) is 0 Å². The van der Waals surface area contributed by atoms with E-state index in [0.29, 0.717) is 19.4 Å². The van der Waals surface area contributed by atoms with E-state index in [0.717, 1.165) is 23.1 Å². The Morgan fingerprint density at radius 2 is 1.79 bits per heavy atom. The van der Waals surface area contributed by atoms with Crippen molar-refractivity contribution in [3.8, 4) is 0 Å². The summed E-state index contributed by atoms with van der Waals surface area (Å²) in [4.78, 5) is 15.0. The van der Waals surface area contributed by atoms with Gasteiger partial charge in [-0.1, -0.05) is 47.5 Å². The number of hydrogen-bond donors (Lipinski definition) is 1. The van der Waals surface area contributed by atoms with E-state index >= 15 is 0 Å². The molecule has 0 unspecified atom stereocenters. The third-order valence-electron chi connectivity index (χ3n) is 4.73. The summed E-state index contributed by atoms with van der Waals surface area (Å²) in [6, 6.07) is 16.2. The largest absolute Gasteiger partial charge is 0.393 e. The topological polar surface area (TPSA) is 40.5 Å². The number of piperidine rings is 1. The van der Waals surface area contributed by atoms with Crippen LogP contribution in [0, 0.1) is 13.8 Å². The van der Waals surface area contributed by atoms with Gasteiger partial charge in [-0.3, -0.25) is 4.79 Å². The maximum absolute atomic E-state index is 13.1. The average molecular weight is 323 g/mol. The number of carbonyl (C=O) groups is 1. The van der Waals surface area contributed by atoms with Crippen molar-refractivity contribution in [1.29, 1.82) is 0 Å². The number of benzene rings is 2. The van der Waals surface area contributed by atoms with Gasteiger partial charge in [0, 0.05) is 18.2 Å². The predicted octanol–water partition coefficient (Wildman–Crippen LogP) is 3.51. The normalized spacial score (nSPS) is 20.9. The molecule has 1 saturated heterocycles. The molecule has 24 heavy (non-hydrogen) atoms. The third-order valence-corrected chi connectivity index (χ3v) is 4.73. The Kier molecular flexibility index (Phi) is 5.00. The SMILES string of the molecule is Cc1cc(C)cc(C(=O)N2CC[C@@H](O)C[C@@H]2Cc2ccccc2)c1. The van der Waals surface area contributed by atoms with Crippen LogP contribution in [-0.2, 0) is 6.42 Å². The van der Waals surface area contributed by atoms with Crippen molar-refractivity contribution in [3.05, 3.63) is 70.8 Å². The summed E-state index contributed by atoms with van der Waals surface area (Å²) in [6.45, 7) is 4.65. The second-order valence-electron chi connectivity index (χ2n) is 6.90. The first-order valence-corrected chi connectivity index (χ1v) is 8.64. The zero-order chi connectivity index (χ0) is 17.1. The highest BCUT2D eigenvalue weighted by Crippen LogP contribution is 2.24. The fraction of sp³-hybridized carbons (Fsp3) is 0.381. The molecule has 0 aromatic heterocycles. The van der Waals surface area contributed by atoms with Crippen molar-refractivity contribution in [2.24, 2.45) is 0 Å². The highest BCUT2D eigenvalue weighted by molar-refractivity contribution is 5.95. The molecule has 1 heterocycles. The van der Waals surface area contributed by atoms with E-state index in [9.17, 15) is 9.90 Å². The van der Waals surface area contributed by atoms with Crippen molar-refractivity contribution in [2.75, 3.05) is 6.54 Å². The van der Waals surface area contributed by atoms with Gasteiger partial charge in [0.2, 0.25) is 0 Å². The number of nitrogens with zero attached hydrogens (tertiary/aromatic N) is 1. The molecule has 1 N–H and O–H groups in total. The Hall–Kier alpha value is -2.13. The molecule has 1 amide bonds. The maximum Gasteiger partial charge on any atom is 0.254 e. The molecule has 2 aromatic rings. The summed E-state index contributed by atoms with van der Waals surface area (Å²) in [6.07, 6.45) is 1.77. The molecule has 3 rings (SSSR count). The van der Waals surface area contributed by atoms with Crippen molar-refractivity contribution in [2.45, 2.75) is 45.3 Å². The monoisotopic (exact) mass is 323 g/mol. The summed E-state index contributed by atoms with van der Waals surface area (Å²) < 4.78 is 0. The Balaban J connectivity index is 1.84. The van der Waals surface area contributed by atoms with E-state index in [-0.39, 0.29) is 18.1 Å². The second kappa shape index (κ2) is 7.18. The smallest absolute Gasteiger partial charge is 0.254 e. The molecule has 126 valence electrons. The number of aliphatic hydroxyl groups excluding tert-OH is 1. The van der Waals surface area contributed by atoms with Gasteiger partial charge in [-0.15, -0.1) is 0 Å². The number of likely N-dealkylation sites (tertiary alicyclic amines) is 1. The number of aliphatic hydroxyl groups is 1. The van der Waals surface area contributed by atoms with Crippen LogP contribution in [0.4, 0.5) is 0 Å². The van der Waals surface area contributed by atoms with Crippen LogP contribution in [0.1, 0.15) is 39.9 Å². The molecule has 2 atom stereocenters. The first kappa shape index (κ1) is 16.7. The zero-order valence-electron chi connectivity index (χ0n) is 14.4. The quantitative estimate of drug-likeness (QED) is 0.939. The van der Waals surface area contributed by atoms with Crippen LogP contribution < -0.4 is 0 Å². The van der Waals surface area contributed by atoms with E-state index in [2.05, 4.69) is 18.2 Å². The predicted molar refractivity (Wildman–Crippen MR) is 96.1 cm³/mol. The van der Waals surface area contributed by atoms with Gasteiger partial charge in [-0.25, -0.2) is 0 Å². The van der Waals surface area contributed by atoms with Gasteiger partial charge in [-0.2, -0.15) is 0 Å². The number of aryl methyl sites for hydroxylation is 2. The van der Waals surface area contributed by atoms with Crippen molar-refractivity contribution in [3.63, 3.8) is 0 Å². The van der Waals surface area contributed by atoms with Gasteiger partial charge in [0.05, 0.1) is 6.10 Å². The number of hydrogen-bond acceptors (Lipinski definition) is 2. The fourth-order valence-electron chi connectivity index (χ4n) is 3.64. The average Bonchev–Trinajstić information content (AvgIpc) is 2.54. The lowest BCUT2D eigenvalue weighted by Crippen LogP contribution is -2.48. The van der Waals surface area contributed by atoms with Crippen LogP contribution in [0.15, 0.2) is 48.5 Å². The molecule has 0 bridgehead atoms. The van der Waals surface area contributed by atoms with Crippen LogP contribution in [0.25, 0.3) is 0 Å². The number of carbonyl (C=O) groups excluding carboxylic acids is 1. The van der Waals surface area contributed by atoms with E-state index in [4.69, 9.17) is 0 Å². The lowest BCUT2D eigenvalue weighted by Gasteiger charge is -2.38. The highest BCUT2D eigenvalue weighted by Gasteiger charge is 2.31. The van der Waals surface area contributed by atoms with Gasteiger partial charge in [0.25, 0.3) is 5.91 Å². The summed E-state index contributed by atoms with van der Waals surface area (Å²) in [5, 5.41) is 10.1. The first-order valence-electron chi connectivity index (χ1n) is 8.64. The summed E-state index contributed by atoms with van der Waals surface area (Å²) >= 11 is 0. The molecule has 1 aliphatic rings. The first-order chi connectivity index (χ1) is 11.5. The Labute approximate surface area is 143 Å². The second-order valence-corrected chi connectivity index (χ2v) is 6.90. The molecule has 1 fully saturated rings. The molecule has 0 aliphatic carbocycles. The van der Waals surface area contributed by atoms with E-state index < -0.39 is 0 Å². The molecule has 0 radical (unpaired) electrons. The maximum atomic E-state index is 13.1. The Bertz CT molecular complexity index is 691. The van der Waals surface area contributed by atoms with Crippen LogP contribution in [0.3, 0.4) is 0 Å². The summed E-state index contributed by atoms with van der Waals surface area (Å²) in [7, 11) is 0. The van der Waals surface area contributed by atoms with Crippen molar-refractivity contribution in [1.82, 2.24) is 4.90 Å². The fourth-order valence-corrected chi connectivity index (χ4v) is 3.64. The highest BCUT2D eigenvalue weighted by atomic mass is 16.3. The number of amides is 1. The van der Waals surface area contributed by atoms with Crippen LogP contribution in [0.5, 0.6) is 0 Å². The zero-order valence-corrected chi connectivity index (χ0v) is 14.4. The molecular weight excluding hydrogens is 298 g/mol. The molecule has 3 heteroatoms. The van der Waals surface area contributed by atoms with Crippen molar-refractivity contribution < 1.29 is 9.90 Å². The van der Waals surface area contributed by atoms with Gasteiger partial charge in [-0.05, 0) is 50.8 Å². The third kappa shape index (κ3) is 3.85. The Morgan fingerprint density at radius 3 is 2.46 bits per heavy atom. The minimum atomic E-state index is -0.318.